The second kappa shape index (κ2) is 3.15. The number of hydrogen-bond donors (Lipinski definition) is 0. The lowest BCUT2D eigenvalue weighted by atomic mass is 10.3. The molecule has 5 heteroatoms. The minimum Gasteiger partial charge on any atom is -0.465 e. The first-order chi connectivity index (χ1) is 5.57. The van der Waals surface area contributed by atoms with E-state index >= 15 is 0 Å². The van der Waals surface area contributed by atoms with E-state index in [9.17, 15) is 4.79 Å². The summed E-state index contributed by atoms with van der Waals surface area (Å²) >= 11 is 5.69. The molecule has 0 unspecified atom stereocenters. The molecule has 0 N–H and O–H groups in total. The highest BCUT2D eigenvalue weighted by Gasteiger charge is 2.18. The topological polar surface area (TPSA) is 44.1 Å². The van der Waals surface area contributed by atoms with Gasteiger partial charge in [-0.2, -0.15) is 5.10 Å². The van der Waals surface area contributed by atoms with Gasteiger partial charge in [-0.3, -0.25) is 4.68 Å². The van der Waals surface area contributed by atoms with Crippen LogP contribution in [0.15, 0.2) is 0 Å². The lowest BCUT2D eigenvalue weighted by molar-refractivity contribution is 0.0600. The van der Waals surface area contributed by atoms with Crippen molar-refractivity contribution in [2.45, 2.75) is 6.92 Å². The number of hydrogen-bond acceptors (Lipinski definition) is 3. The van der Waals surface area contributed by atoms with Crippen molar-refractivity contribution in [3.8, 4) is 0 Å². The number of esters is 1. The molecule has 1 aromatic rings. The molecule has 0 saturated heterocycles. The van der Waals surface area contributed by atoms with Gasteiger partial charge in [0.25, 0.3) is 0 Å². The summed E-state index contributed by atoms with van der Waals surface area (Å²) in [6.07, 6.45) is 0. The van der Waals surface area contributed by atoms with Gasteiger partial charge in [-0.05, 0) is 6.92 Å². The molecule has 0 radical (unpaired) electrons. The molecule has 0 aliphatic rings. The van der Waals surface area contributed by atoms with E-state index in [4.69, 9.17) is 11.6 Å². The molecular weight excluding hydrogens is 180 g/mol. The normalized spacial score (nSPS) is 10.0. The first kappa shape index (κ1) is 9.06. The van der Waals surface area contributed by atoms with Crippen molar-refractivity contribution in [2.24, 2.45) is 7.05 Å². The van der Waals surface area contributed by atoms with Crippen LogP contribution in [-0.4, -0.2) is 22.9 Å². The minimum atomic E-state index is -0.453. The quantitative estimate of drug-likeness (QED) is 0.622. The average molecular weight is 189 g/mol. The first-order valence-electron chi connectivity index (χ1n) is 3.35. The van der Waals surface area contributed by atoms with Crippen molar-refractivity contribution in [3.63, 3.8) is 0 Å². The molecular formula is C7H9ClN2O2. The van der Waals surface area contributed by atoms with Gasteiger partial charge in [-0.15, -0.1) is 0 Å². The average Bonchev–Trinajstić information content (AvgIpc) is 2.26. The smallest absolute Gasteiger partial charge is 0.342 e. The van der Waals surface area contributed by atoms with E-state index in [0.717, 1.165) is 0 Å². The second-order valence-electron chi connectivity index (χ2n) is 2.37. The van der Waals surface area contributed by atoms with Crippen LogP contribution in [0.4, 0.5) is 0 Å². The van der Waals surface area contributed by atoms with E-state index in [1.54, 1.807) is 14.0 Å². The molecule has 0 bridgehead atoms. The zero-order valence-electron chi connectivity index (χ0n) is 7.09. The maximum absolute atomic E-state index is 11.1. The number of carbonyl (C=O) groups excluding carboxylic acids is 1. The molecule has 0 saturated carbocycles. The van der Waals surface area contributed by atoms with Crippen molar-refractivity contribution in [1.29, 1.82) is 0 Å². The molecule has 12 heavy (non-hydrogen) atoms. The van der Waals surface area contributed by atoms with Crippen LogP contribution in [0.25, 0.3) is 0 Å². The summed E-state index contributed by atoms with van der Waals surface area (Å²) in [6, 6.07) is 0. The molecule has 1 heterocycles. The lowest BCUT2D eigenvalue weighted by Crippen LogP contribution is -2.03. The van der Waals surface area contributed by atoms with Gasteiger partial charge in [0.15, 0.2) is 5.15 Å². The molecule has 0 spiro atoms. The predicted molar refractivity (Wildman–Crippen MR) is 44.3 cm³/mol. The zero-order chi connectivity index (χ0) is 9.30. The SMILES string of the molecule is COC(=O)c1c(Cl)nn(C)c1C. The first-order valence-corrected chi connectivity index (χ1v) is 3.73. The van der Waals surface area contributed by atoms with Crippen LogP contribution in [0.2, 0.25) is 5.15 Å². The van der Waals surface area contributed by atoms with Crippen LogP contribution in [0.1, 0.15) is 16.1 Å². The number of nitrogens with zero attached hydrogens (tertiary/aromatic N) is 2. The number of aryl methyl sites for hydroxylation is 1. The Kier molecular flexibility index (Phi) is 2.38. The Hall–Kier alpha value is -1.03. The fraction of sp³-hybridized carbons (Fsp3) is 0.429. The number of methoxy groups -OCH3 is 1. The van der Waals surface area contributed by atoms with Gasteiger partial charge >= 0.3 is 5.97 Å². The third-order valence-electron chi connectivity index (χ3n) is 1.68. The number of aromatic nitrogens is 2. The summed E-state index contributed by atoms with van der Waals surface area (Å²) in [7, 11) is 3.03. The Balaban J connectivity index is 3.22. The highest BCUT2D eigenvalue weighted by Crippen LogP contribution is 2.18. The molecule has 66 valence electrons. The van der Waals surface area contributed by atoms with Crippen LogP contribution >= 0.6 is 11.6 Å². The molecule has 1 aromatic heterocycles. The van der Waals surface area contributed by atoms with Crippen LogP contribution in [0, 0.1) is 6.92 Å². The molecule has 0 aromatic carbocycles. The standard InChI is InChI=1S/C7H9ClN2O2/c1-4-5(7(11)12-3)6(8)9-10(4)2/h1-3H3. The fourth-order valence-corrected chi connectivity index (χ4v) is 1.23. The van der Waals surface area contributed by atoms with E-state index < -0.39 is 5.97 Å². The summed E-state index contributed by atoms with van der Waals surface area (Å²) < 4.78 is 6.07. The van der Waals surface area contributed by atoms with Gasteiger partial charge in [-0.1, -0.05) is 11.6 Å². The molecule has 0 atom stereocenters. The van der Waals surface area contributed by atoms with E-state index in [2.05, 4.69) is 9.84 Å². The predicted octanol–water partition coefficient (Wildman–Crippen LogP) is 1.17. The number of halogens is 1. The van der Waals surface area contributed by atoms with Crippen molar-refractivity contribution < 1.29 is 9.53 Å². The van der Waals surface area contributed by atoms with Gasteiger partial charge in [0, 0.05) is 7.05 Å². The van der Waals surface area contributed by atoms with Crippen LogP contribution in [-0.2, 0) is 11.8 Å². The Morgan fingerprint density at radius 3 is 2.58 bits per heavy atom. The number of carbonyl (C=O) groups is 1. The van der Waals surface area contributed by atoms with E-state index in [1.807, 2.05) is 0 Å². The van der Waals surface area contributed by atoms with Crippen molar-refractivity contribution in [2.75, 3.05) is 7.11 Å². The van der Waals surface area contributed by atoms with E-state index in [0.29, 0.717) is 11.3 Å². The maximum Gasteiger partial charge on any atom is 0.342 e. The van der Waals surface area contributed by atoms with Crippen LogP contribution < -0.4 is 0 Å². The van der Waals surface area contributed by atoms with Gasteiger partial charge < -0.3 is 4.74 Å². The van der Waals surface area contributed by atoms with Gasteiger partial charge in [-0.25, -0.2) is 4.79 Å². The minimum absolute atomic E-state index is 0.182. The fourth-order valence-electron chi connectivity index (χ4n) is 0.902. The molecule has 0 aliphatic carbocycles. The Morgan fingerprint density at radius 1 is 1.67 bits per heavy atom. The van der Waals surface area contributed by atoms with Crippen molar-refractivity contribution >= 4 is 17.6 Å². The highest BCUT2D eigenvalue weighted by atomic mass is 35.5. The van der Waals surface area contributed by atoms with Crippen molar-refractivity contribution in [1.82, 2.24) is 9.78 Å². The largest absolute Gasteiger partial charge is 0.465 e. The molecule has 0 aliphatic heterocycles. The van der Waals surface area contributed by atoms with Gasteiger partial charge in [0.05, 0.1) is 12.8 Å². The zero-order valence-corrected chi connectivity index (χ0v) is 7.84. The maximum atomic E-state index is 11.1. The summed E-state index contributed by atoms with van der Waals surface area (Å²) in [6.45, 7) is 1.76. The Labute approximate surface area is 75.1 Å². The summed E-state index contributed by atoms with van der Waals surface area (Å²) in [5.74, 6) is -0.453. The summed E-state index contributed by atoms with van der Waals surface area (Å²) in [5, 5.41) is 4.04. The molecule has 4 nitrogen and oxygen atoms in total. The summed E-state index contributed by atoms with van der Waals surface area (Å²) in [5.41, 5.74) is 1.04. The third-order valence-corrected chi connectivity index (χ3v) is 1.95. The monoisotopic (exact) mass is 188 g/mol. The van der Waals surface area contributed by atoms with Gasteiger partial charge in [0.1, 0.15) is 5.56 Å². The second-order valence-corrected chi connectivity index (χ2v) is 2.72. The Bertz CT molecular complexity index is 319. The molecule has 0 fully saturated rings. The van der Waals surface area contributed by atoms with Gasteiger partial charge in [0.2, 0.25) is 0 Å². The van der Waals surface area contributed by atoms with Crippen molar-refractivity contribution in [3.05, 3.63) is 16.4 Å². The Morgan fingerprint density at radius 2 is 2.25 bits per heavy atom. The van der Waals surface area contributed by atoms with E-state index in [-0.39, 0.29) is 5.15 Å². The highest BCUT2D eigenvalue weighted by molar-refractivity contribution is 6.32. The number of ether oxygens (including phenoxy) is 1. The molecule has 1 rings (SSSR count). The summed E-state index contributed by atoms with van der Waals surface area (Å²) in [4.78, 5) is 11.1. The van der Waals surface area contributed by atoms with E-state index in [1.165, 1.54) is 11.8 Å². The van der Waals surface area contributed by atoms with Crippen LogP contribution in [0.3, 0.4) is 0 Å². The molecule has 0 amide bonds. The lowest BCUT2D eigenvalue weighted by Gasteiger charge is -1.97. The van der Waals surface area contributed by atoms with Crippen LogP contribution in [0.5, 0.6) is 0 Å². The third kappa shape index (κ3) is 1.30. The number of rotatable bonds is 1.